The molecule has 59 heavy (non-hydrogen) atoms. The molecule has 0 unspecified atom stereocenters. The summed E-state index contributed by atoms with van der Waals surface area (Å²) < 4.78 is 6.87. The number of nitrogens with zero attached hydrogens (tertiary/aromatic N) is 2. The molecule has 0 bridgehead atoms. The Morgan fingerprint density at radius 3 is 1.44 bits per heavy atom. The second kappa shape index (κ2) is 14.6. The van der Waals surface area contributed by atoms with Crippen molar-refractivity contribution in [1.82, 2.24) is 9.97 Å². The minimum atomic E-state index is 0.577. The number of hydrogen-bond acceptors (Lipinski definition) is 3. The first-order valence-corrected chi connectivity index (χ1v) is 20.0. The number of hydrogen-bond donors (Lipinski definition) is 0. The van der Waals surface area contributed by atoms with E-state index in [0.29, 0.717) is 5.89 Å². The largest absolute Gasteiger partial charge is 0.436 e. The van der Waals surface area contributed by atoms with Gasteiger partial charge in [0.15, 0.2) is 5.58 Å². The minimum absolute atomic E-state index is 0.577. The summed E-state index contributed by atoms with van der Waals surface area (Å²) >= 11 is 0. The van der Waals surface area contributed by atoms with E-state index in [1.807, 2.05) is 12.3 Å². The van der Waals surface area contributed by atoms with Crippen molar-refractivity contribution in [3.63, 3.8) is 0 Å². The van der Waals surface area contributed by atoms with E-state index in [4.69, 9.17) is 9.40 Å². The molecular weight excluding hydrogens is 717 g/mol. The summed E-state index contributed by atoms with van der Waals surface area (Å²) in [5.74, 6) is 0.577. The first-order chi connectivity index (χ1) is 29.2. The van der Waals surface area contributed by atoms with Crippen LogP contribution in [0.5, 0.6) is 0 Å². The maximum atomic E-state index is 6.87. The number of aromatic nitrogens is 2. The van der Waals surface area contributed by atoms with Crippen LogP contribution in [0.25, 0.3) is 111 Å². The number of pyridine rings is 1. The normalized spacial score (nSPS) is 11.4. The summed E-state index contributed by atoms with van der Waals surface area (Å²) in [7, 11) is 0. The Hall–Kier alpha value is -7.88. The third-order valence-corrected chi connectivity index (χ3v) is 11.4. The topological polar surface area (TPSA) is 38.9 Å². The Bertz CT molecular complexity index is 3330. The summed E-state index contributed by atoms with van der Waals surface area (Å²) in [5.41, 5.74) is 15.9. The van der Waals surface area contributed by atoms with Gasteiger partial charge in [0.1, 0.15) is 5.52 Å². The van der Waals surface area contributed by atoms with Crippen LogP contribution in [-0.4, -0.2) is 9.97 Å². The summed E-state index contributed by atoms with van der Waals surface area (Å²) in [5, 5.41) is 4.85. The number of benzene rings is 9. The van der Waals surface area contributed by atoms with Gasteiger partial charge in [-0.2, -0.15) is 0 Å². The Labute approximate surface area is 342 Å². The van der Waals surface area contributed by atoms with E-state index >= 15 is 0 Å². The lowest BCUT2D eigenvalue weighted by Gasteiger charge is -2.16. The molecule has 2 heterocycles. The Balaban J connectivity index is 1.12. The van der Waals surface area contributed by atoms with E-state index in [0.717, 1.165) is 72.3 Å². The van der Waals surface area contributed by atoms with Crippen molar-refractivity contribution in [1.29, 1.82) is 0 Å². The molecular formula is C56H36N2O. The molecule has 3 heteroatoms. The fourth-order valence-electron chi connectivity index (χ4n) is 8.60. The molecule has 9 aromatic carbocycles. The van der Waals surface area contributed by atoms with Crippen LogP contribution in [0.3, 0.4) is 0 Å². The minimum Gasteiger partial charge on any atom is -0.436 e. The van der Waals surface area contributed by atoms with Crippen molar-refractivity contribution in [2.75, 3.05) is 0 Å². The van der Waals surface area contributed by atoms with Gasteiger partial charge >= 0.3 is 0 Å². The van der Waals surface area contributed by atoms with E-state index in [1.54, 1.807) is 6.20 Å². The van der Waals surface area contributed by atoms with Crippen LogP contribution in [0, 0.1) is 0 Å². The molecule has 0 saturated heterocycles. The van der Waals surface area contributed by atoms with Gasteiger partial charge in [-0.05, 0) is 114 Å². The van der Waals surface area contributed by atoms with Crippen LogP contribution in [0.4, 0.5) is 0 Å². The highest BCUT2D eigenvalue weighted by Gasteiger charge is 2.21. The third-order valence-electron chi connectivity index (χ3n) is 11.4. The molecule has 0 saturated carbocycles. The zero-order valence-electron chi connectivity index (χ0n) is 32.1. The highest BCUT2D eigenvalue weighted by molar-refractivity contribution is 6.06. The van der Waals surface area contributed by atoms with Crippen LogP contribution < -0.4 is 0 Å². The molecule has 0 N–H and O–H groups in total. The molecule has 0 spiro atoms. The van der Waals surface area contributed by atoms with Crippen LogP contribution >= 0.6 is 0 Å². The second-order valence-corrected chi connectivity index (χ2v) is 14.9. The molecule has 11 rings (SSSR count). The van der Waals surface area contributed by atoms with Crippen LogP contribution in [0.2, 0.25) is 0 Å². The molecule has 0 radical (unpaired) electrons. The Morgan fingerprint density at radius 1 is 0.322 bits per heavy atom. The van der Waals surface area contributed by atoms with Crippen LogP contribution in [-0.2, 0) is 0 Å². The monoisotopic (exact) mass is 752 g/mol. The zero-order chi connectivity index (χ0) is 39.1. The van der Waals surface area contributed by atoms with Gasteiger partial charge in [-0.1, -0.05) is 170 Å². The fraction of sp³-hybridized carbons (Fsp3) is 0. The summed E-state index contributed by atoms with van der Waals surface area (Å²) in [4.78, 5) is 9.68. The van der Waals surface area contributed by atoms with Crippen molar-refractivity contribution in [3.8, 4) is 78.2 Å². The molecule has 3 nitrogen and oxygen atoms in total. The van der Waals surface area contributed by atoms with Gasteiger partial charge in [0.2, 0.25) is 5.89 Å². The highest BCUT2D eigenvalue weighted by Crippen LogP contribution is 2.44. The van der Waals surface area contributed by atoms with Gasteiger partial charge in [-0.25, -0.2) is 4.98 Å². The van der Waals surface area contributed by atoms with Gasteiger partial charge in [0.25, 0.3) is 0 Å². The van der Waals surface area contributed by atoms with Crippen LogP contribution in [0.1, 0.15) is 0 Å². The average Bonchev–Trinajstić information content (AvgIpc) is 3.76. The molecule has 2 aromatic heterocycles. The van der Waals surface area contributed by atoms with Crippen molar-refractivity contribution in [2.45, 2.75) is 0 Å². The van der Waals surface area contributed by atoms with Gasteiger partial charge in [-0.15, -0.1) is 0 Å². The average molecular weight is 753 g/mol. The maximum absolute atomic E-state index is 6.87. The first kappa shape index (κ1) is 34.4. The first-order valence-electron chi connectivity index (χ1n) is 20.0. The predicted molar refractivity (Wildman–Crippen MR) is 245 cm³/mol. The second-order valence-electron chi connectivity index (χ2n) is 14.9. The third kappa shape index (κ3) is 6.26. The molecule has 11 aromatic rings. The lowest BCUT2D eigenvalue weighted by atomic mass is 9.87. The summed E-state index contributed by atoms with van der Waals surface area (Å²) in [6.45, 7) is 0. The van der Waals surface area contributed by atoms with E-state index in [1.165, 1.54) is 32.7 Å². The molecule has 0 aliphatic rings. The molecule has 0 aliphatic heterocycles. The SMILES string of the molecule is c1cncc(-c2cccc(-c3cccc(-c4nc5c(-c6ccccc6-c6cccc7ccccc67)cc(-c6ccccc6-c6cccc7ccccc67)cc5o4)c3)c2)c1. The number of rotatable bonds is 7. The number of fused-ring (bicyclic) bond motifs is 3. The molecule has 0 amide bonds. The quantitative estimate of drug-likeness (QED) is 0.163. The number of oxazole rings is 1. The maximum Gasteiger partial charge on any atom is 0.227 e. The van der Waals surface area contributed by atoms with Gasteiger partial charge < -0.3 is 4.42 Å². The predicted octanol–water partition coefficient (Wildman–Crippen LogP) is 15.2. The van der Waals surface area contributed by atoms with Crippen molar-refractivity contribution >= 4 is 32.6 Å². The lowest BCUT2D eigenvalue weighted by Crippen LogP contribution is -1.91. The van der Waals surface area contributed by atoms with Gasteiger partial charge in [0, 0.05) is 29.1 Å². The van der Waals surface area contributed by atoms with E-state index in [-0.39, 0.29) is 0 Å². The Kier molecular flexibility index (Phi) is 8.49. The van der Waals surface area contributed by atoms with Crippen molar-refractivity contribution in [2.24, 2.45) is 0 Å². The van der Waals surface area contributed by atoms with Crippen molar-refractivity contribution < 1.29 is 4.42 Å². The van der Waals surface area contributed by atoms with E-state index in [2.05, 4.69) is 205 Å². The van der Waals surface area contributed by atoms with E-state index < -0.39 is 0 Å². The van der Waals surface area contributed by atoms with Crippen molar-refractivity contribution in [3.05, 3.63) is 219 Å². The van der Waals surface area contributed by atoms with Gasteiger partial charge in [0.05, 0.1) is 0 Å². The molecule has 0 atom stereocenters. The standard InChI is InChI=1S/C56H36N2O/c1-3-23-45-37(14-1)16-11-29-49(45)48-26-6-5-25-47(48)44-34-53(52-28-8-7-27-51(52)50-30-12-17-38-15-2-4-24-46(38)50)55-54(35-44)59-56(58-55)42-21-10-19-40(33-42)39-18-9-20-41(32-39)43-22-13-31-57-36-43/h1-36H. The zero-order valence-corrected chi connectivity index (χ0v) is 32.1. The molecule has 0 aliphatic carbocycles. The molecule has 276 valence electrons. The fourth-order valence-corrected chi connectivity index (χ4v) is 8.60. The smallest absolute Gasteiger partial charge is 0.227 e. The summed E-state index contributed by atoms with van der Waals surface area (Å²) in [6.07, 6.45) is 3.70. The van der Waals surface area contributed by atoms with Gasteiger partial charge in [-0.3, -0.25) is 4.98 Å². The Morgan fingerprint density at radius 2 is 0.797 bits per heavy atom. The highest BCUT2D eigenvalue weighted by atomic mass is 16.3. The lowest BCUT2D eigenvalue weighted by molar-refractivity contribution is 0.620. The van der Waals surface area contributed by atoms with Crippen LogP contribution in [0.15, 0.2) is 223 Å². The van der Waals surface area contributed by atoms with E-state index in [9.17, 15) is 0 Å². The molecule has 0 fully saturated rings. The summed E-state index contributed by atoms with van der Waals surface area (Å²) in [6, 6.07) is 73.3.